The van der Waals surface area contributed by atoms with Crippen molar-refractivity contribution in [1.82, 2.24) is 0 Å². The van der Waals surface area contributed by atoms with Crippen LogP contribution < -0.4 is 9.47 Å². The molecule has 0 amide bonds. The fourth-order valence-electron chi connectivity index (χ4n) is 1.38. The number of hydrogen-bond donors (Lipinski definition) is 0. The number of hydrogen-bond acceptors (Lipinski definition) is 4. The Morgan fingerprint density at radius 3 is 3.13 bits per heavy atom. The average molecular weight is 203 g/mol. The molecule has 0 spiro atoms. The summed E-state index contributed by atoms with van der Waals surface area (Å²) in [5.41, 5.74) is 0.576. The van der Waals surface area contributed by atoms with Crippen LogP contribution in [0.25, 0.3) is 0 Å². The molecule has 15 heavy (non-hydrogen) atoms. The second kappa shape index (κ2) is 3.62. The summed E-state index contributed by atoms with van der Waals surface area (Å²) in [5.74, 6) is 1.05. The van der Waals surface area contributed by atoms with E-state index < -0.39 is 6.10 Å². The Labute approximate surface area is 87.0 Å². The Morgan fingerprint density at radius 1 is 1.60 bits per heavy atom. The predicted octanol–water partition coefficient (Wildman–Crippen LogP) is 1.55. The maximum absolute atomic E-state index is 11.2. The van der Waals surface area contributed by atoms with Crippen LogP contribution in [-0.4, -0.2) is 18.5 Å². The van der Waals surface area contributed by atoms with Crippen LogP contribution in [-0.2, 0) is 0 Å². The maximum atomic E-state index is 11.2. The van der Waals surface area contributed by atoms with Gasteiger partial charge in [-0.1, -0.05) is 0 Å². The first-order valence-electron chi connectivity index (χ1n) is 4.57. The largest absolute Gasteiger partial charge is 0.485 e. The van der Waals surface area contributed by atoms with Gasteiger partial charge in [0.15, 0.2) is 12.7 Å². The molecule has 1 atom stereocenters. The lowest BCUT2D eigenvalue weighted by atomic mass is 10.1. The molecule has 1 unspecified atom stereocenters. The lowest BCUT2D eigenvalue weighted by Gasteiger charge is -2.08. The molecule has 2 rings (SSSR count). The van der Waals surface area contributed by atoms with Crippen molar-refractivity contribution in [2.24, 2.45) is 0 Å². The molecule has 1 aliphatic heterocycles. The zero-order valence-electron chi connectivity index (χ0n) is 8.19. The van der Waals surface area contributed by atoms with Crippen LogP contribution in [0, 0.1) is 11.3 Å². The highest BCUT2D eigenvalue weighted by molar-refractivity contribution is 6.02. The smallest absolute Gasteiger partial charge is 0.203 e. The Hall–Kier alpha value is -2.02. The van der Waals surface area contributed by atoms with E-state index in [1.165, 1.54) is 0 Å². The number of carbonyl (C=O) groups is 1. The van der Waals surface area contributed by atoms with Crippen LogP contribution in [0.4, 0.5) is 0 Å². The third kappa shape index (κ3) is 1.77. The first kappa shape index (κ1) is 9.53. The van der Waals surface area contributed by atoms with Gasteiger partial charge in [0.05, 0.1) is 5.56 Å². The van der Waals surface area contributed by atoms with Crippen molar-refractivity contribution in [1.29, 1.82) is 5.26 Å². The van der Waals surface area contributed by atoms with Gasteiger partial charge in [-0.2, -0.15) is 5.26 Å². The van der Waals surface area contributed by atoms with Crippen LogP contribution in [0.15, 0.2) is 18.2 Å². The molecule has 0 fully saturated rings. The van der Waals surface area contributed by atoms with Gasteiger partial charge in [-0.3, -0.25) is 4.79 Å². The molecule has 1 aromatic rings. The molecule has 1 heterocycles. The summed E-state index contributed by atoms with van der Waals surface area (Å²) in [6.07, 6.45) is -0.514. The van der Waals surface area contributed by atoms with E-state index in [4.69, 9.17) is 14.7 Å². The topological polar surface area (TPSA) is 59.3 Å². The van der Waals surface area contributed by atoms with E-state index in [1.54, 1.807) is 25.1 Å². The molecule has 0 saturated carbocycles. The highest BCUT2D eigenvalue weighted by Gasteiger charge is 2.21. The van der Waals surface area contributed by atoms with Crippen LogP contribution in [0.3, 0.4) is 0 Å². The molecule has 0 radical (unpaired) electrons. The van der Waals surface area contributed by atoms with Gasteiger partial charge in [-0.05, 0) is 19.1 Å². The van der Waals surface area contributed by atoms with E-state index in [9.17, 15) is 4.79 Å². The second-order valence-electron chi connectivity index (χ2n) is 3.26. The van der Waals surface area contributed by atoms with Crippen molar-refractivity contribution < 1.29 is 14.3 Å². The zero-order valence-corrected chi connectivity index (χ0v) is 8.19. The van der Waals surface area contributed by atoms with Gasteiger partial charge >= 0.3 is 0 Å². The minimum absolute atomic E-state index is 0.0233. The van der Waals surface area contributed by atoms with Gasteiger partial charge in [0.2, 0.25) is 5.78 Å². The van der Waals surface area contributed by atoms with Crippen molar-refractivity contribution in [2.75, 3.05) is 6.61 Å². The van der Waals surface area contributed by atoms with Crippen molar-refractivity contribution in [2.45, 2.75) is 13.0 Å². The van der Waals surface area contributed by atoms with E-state index in [1.807, 2.05) is 6.07 Å². The number of Topliss-reactive ketones (excluding diaryl/α,β-unsaturated/α-hetero) is 1. The first-order chi connectivity index (χ1) is 7.20. The number of ketones is 1. The van der Waals surface area contributed by atoms with Crippen molar-refractivity contribution in [3.8, 4) is 17.6 Å². The second-order valence-corrected chi connectivity index (χ2v) is 3.26. The maximum Gasteiger partial charge on any atom is 0.203 e. The molecule has 1 aliphatic rings. The molecule has 0 bridgehead atoms. The SMILES string of the molecule is CC(C#N)Oc1ccc2c(c1)OCC2=O. The quantitative estimate of drug-likeness (QED) is 0.731. The summed E-state index contributed by atoms with van der Waals surface area (Å²) in [6.45, 7) is 1.74. The van der Waals surface area contributed by atoms with Gasteiger partial charge in [-0.15, -0.1) is 0 Å². The lowest BCUT2D eigenvalue weighted by molar-refractivity contribution is 0.0961. The molecular formula is C11H9NO3. The van der Waals surface area contributed by atoms with Gasteiger partial charge < -0.3 is 9.47 Å². The third-order valence-corrected chi connectivity index (χ3v) is 2.11. The monoisotopic (exact) mass is 203 g/mol. The zero-order chi connectivity index (χ0) is 10.8. The lowest BCUT2D eigenvalue weighted by Crippen LogP contribution is -2.07. The number of nitrogens with zero attached hydrogens (tertiary/aromatic N) is 1. The minimum atomic E-state index is -0.514. The highest BCUT2D eigenvalue weighted by atomic mass is 16.5. The summed E-state index contributed by atoms with van der Waals surface area (Å²) in [7, 11) is 0. The normalized spacial score (nSPS) is 15.1. The van der Waals surface area contributed by atoms with E-state index in [-0.39, 0.29) is 12.4 Å². The number of ether oxygens (including phenoxy) is 2. The Morgan fingerprint density at radius 2 is 2.40 bits per heavy atom. The number of nitriles is 1. The predicted molar refractivity (Wildman–Crippen MR) is 52.0 cm³/mol. The van der Waals surface area contributed by atoms with Crippen LogP contribution in [0.5, 0.6) is 11.5 Å². The standard InChI is InChI=1S/C11H9NO3/c1-7(5-12)15-8-2-3-9-10(13)6-14-11(9)4-8/h2-4,7H,6H2,1H3. The van der Waals surface area contributed by atoms with E-state index in [0.29, 0.717) is 17.1 Å². The number of benzene rings is 1. The van der Waals surface area contributed by atoms with Crippen molar-refractivity contribution in [3.05, 3.63) is 23.8 Å². The average Bonchev–Trinajstić information content (AvgIpc) is 2.60. The fourth-order valence-corrected chi connectivity index (χ4v) is 1.38. The van der Waals surface area contributed by atoms with E-state index >= 15 is 0 Å². The Bertz CT molecular complexity index is 448. The van der Waals surface area contributed by atoms with Crippen LogP contribution >= 0.6 is 0 Å². The number of carbonyl (C=O) groups excluding carboxylic acids is 1. The Balaban J connectivity index is 2.24. The molecular weight excluding hydrogens is 194 g/mol. The van der Waals surface area contributed by atoms with Crippen LogP contribution in [0.1, 0.15) is 17.3 Å². The molecule has 4 heteroatoms. The Kier molecular flexibility index (Phi) is 2.30. The van der Waals surface area contributed by atoms with E-state index in [0.717, 1.165) is 0 Å². The molecule has 4 nitrogen and oxygen atoms in total. The molecule has 0 aromatic heterocycles. The van der Waals surface area contributed by atoms with Gasteiger partial charge in [0, 0.05) is 6.07 Å². The number of rotatable bonds is 2. The summed E-state index contributed by atoms with van der Waals surface area (Å²) < 4.78 is 10.4. The summed E-state index contributed by atoms with van der Waals surface area (Å²) in [6, 6.07) is 6.92. The molecule has 76 valence electrons. The van der Waals surface area contributed by atoms with Gasteiger partial charge in [0.25, 0.3) is 0 Å². The fraction of sp³-hybridized carbons (Fsp3) is 0.273. The summed E-state index contributed by atoms with van der Waals surface area (Å²) in [5, 5.41) is 8.57. The summed E-state index contributed by atoms with van der Waals surface area (Å²) in [4.78, 5) is 11.2. The molecule has 1 aromatic carbocycles. The minimum Gasteiger partial charge on any atom is -0.485 e. The number of fused-ring (bicyclic) bond motifs is 1. The highest BCUT2D eigenvalue weighted by Crippen LogP contribution is 2.29. The van der Waals surface area contributed by atoms with E-state index in [2.05, 4.69) is 0 Å². The molecule has 0 saturated heterocycles. The van der Waals surface area contributed by atoms with Gasteiger partial charge in [0.1, 0.15) is 17.6 Å². The summed E-state index contributed by atoms with van der Waals surface area (Å²) >= 11 is 0. The molecule has 0 aliphatic carbocycles. The van der Waals surface area contributed by atoms with Crippen LogP contribution in [0.2, 0.25) is 0 Å². The van der Waals surface area contributed by atoms with Gasteiger partial charge in [-0.25, -0.2) is 0 Å². The van der Waals surface area contributed by atoms with Crippen molar-refractivity contribution >= 4 is 5.78 Å². The third-order valence-electron chi connectivity index (χ3n) is 2.11. The van der Waals surface area contributed by atoms with Crippen molar-refractivity contribution in [3.63, 3.8) is 0 Å². The first-order valence-corrected chi connectivity index (χ1v) is 4.57. The molecule has 0 N–H and O–H groups in total.